The van der Waals surface area contributed by atoms with Crippen molar-refractivity contribution < 1.29 is 23.0 Å². The van der Waals surface area contributed by atoms with Gasteiger partial charge in [-0.3, -0.25) is 0 Å². The van der Waals surface area contributed by atoms with E-state index < -0.39 is 33.2 Å². The van der Waals surface area contributed by atoms with Crippen LogP contribution < -0.4 is 15.2 Å². The Labute approximate surface area is 150 Å². The molecule has 0 radical (unpaired) electrons. The highest BCUT2D eigenvalue weighted by molar-refractivity contribution is 7.92. The number of aliphatic hydroxyl groups excluding tert-OH is 1. The maximum Gasteiger partial charge on any atom is 0.231 e. The Morgan fingerprint density at radius 2 is 1.84 bits per heavy atom. The predicted molar refractivity (Wildman–Crippen MR) is 91.7 cm³/mol. The van der Waals surface area contributed by atoms with Gasteiger partial charge in [0.2, 0.25) is 6.79 Å². The molecule has 3 atom stereocenters. The molecule has 8 heteroatoms. The maximum atomic E-state index is 13.0. The fourth-order valence-electron chi connectivity index (χ4n) is 3.44. The third kappa shape index (κ3) is 2.50. The van der Waals surface area contributed by atoms with E-state index in [1.807, 2.05) is 0 Å². The lowest BCUT2D eigenvalue weighted by atomic mass is 10.1. The van der Waals surface area contributed by atoms with Gasteiger partial charge in [0.1, 0.15) is 0 Å². The third-order valence-electron chi connectivity index (χ3n) is 4.81. The first kappa shape index (κ1) is 16.7. The average Bonchev–Trinajstić information content (AvgIpc) is 2.99. The normalized spacial score (nSPS) is 27.3. The summed E-state index contributed by atoms with van der Waals surface area (Å²) in [6.45, 7) is -0.312. The van der Waals surface area contributed by atoms with Crippen molar-refractivity contribution in [3.63, 3.8) is 0 Å². The van der Waals surface area contributed by atoms with Gasteiger partial charge in [0.25, 0.3) is 0 Å². The summed E-state index contributed by atoms with van der Waals surface area (Å²) in [7, 11) is -3.73. The first-order chi connectivity index (χ1) is 11.9. The minimum atomic E-state index is -3.73. The molecular weight excluding hydrogens is 366 g/mol. The molecular formula is C17H16ClNO5S. The van der Waals surface area contributed by atoms with E-state index in [2.05, 4.69) is 0 Å². The van der Waals surface area contributed by atoms with Gasteiger partial charge in [-0.15, -0.1) is 0 Å². The predicted octanol–water partition coefficient (Wildman–Crippen LogP) is 1.70. The van der Waals surface area contributed by atoms with Crippen molar-refractivity contribution in [2.45, 2.75) is 21.6 Å². The number of nitrogens with two attached hydrogens (primary N) is 1. The van der Waals surface area contributed by atoms with Gasteiger partial charge in [-0.25, -0.2) is 8.42 Å². The lowest BCUT2D eigenvalue weighted by molar-refractivity contribution is 0.174. The van der Waals surface area contributed by atoms with Gasteiger partial charge in [-0.2, -0.15) is 0 Å². The van der Waals surface area contributed by atoms with Gasteiger partial charge < -0.3 is 20.3 Å². The number of rotatable bonds is 4. The molecule has 2 aliphatic rings. The summed E-state index contributed by atoms with van der Waals surface area (Å²) in [5.41, 5.74) is 5.69. The molecule has 0 amide bonds. The number of benzene rings is 2. The molecule has 1 saturated carbocycles. The van der Waals surface area contributed by atoms with Crippen LogP contribution in [0.5, 0.6) is 11.5 Å². The molecule has 0 aromatic heterocycles. The minimum absolute atomic E-state index is 0.129. The van der Waals surface area contributed by atoms with E-state index in [-0.39, 0.29) is 11.7 Å². The van der Waals surface area contributed by atoms with Crippen LogP contribution in [-0.4, -0.2) is 37.7 Å². The first-order valence-electron chi connectivity index (χ1n) is 7.66. The van der Waals surface area contributed by atoms with E-state index in [0.717, 1.165) is 0 Å². The van der Waals surface area contributed by atoms with Gasteiger partial charge in [0.05, 0.1) is 22.3 Å². The van der Waals surface area contributed by atoms with Crippen LogP contribution in [0.25, 0.3) is 0 Å². The zero-order chi connectivity index (χ0) is 17.8. The molecule has 0 bridgehead atoms. The van der Waals surface area contributed by atoms with Crippen molar-refractivity contribution in [1.29, 1.82) is 0 Å². The van der Waals surface area contributed by atoms with Crippen LogP contribution in [0.2, 0.25) is 5.02 Å². The largest absolute Gasteiger partial charge is 0.454 e. The number of hydrogen-bond donors (Lipinski definition) is 2. The van der Waals surface area contributed by atoms with Crippen LogP contribution in [-0.2, 0) is 9.84 Å². The Hall–Kier alpha value is -1.80. The van der Waals surface area contributed by atoms with Crippen LogP contribution in [0.15, 0.2) is 47.4 Å². The first-order valence-corrected chi connectivity index (χ1v) is 9.59. The molecule has 1 aliphatic heterocycles. The second kappa shape index (κ2) is 5.60. The Balaban J connectivity index is 1.73. The summed E-state index contributed by atoms with van der Waals surface area (Å²) in [6.07, 6.45) is 0. The summed E-state index contributed by atoms with van der Waals surface area (Å²) in [6, 6.07) is 11.1. The van der Waals surface area contributed by atoms with Gasteiger partial charge in [0.15, 0.2) is 21.3 Å². The van der Waals surface area contributed by atoms with E-state index in [1.54, 1.807) is 18.2 Å². The molecule has 0 unspecified atom stereocenters. The zero-order valence-electron chi connectivity index (χ0n) is 13.1. The highest BCUT2D eigenvalue weighted by Crippen LogP contribution is 2.56. The number of halogens is 1. The molecule has 1 fully saturated rings. The maximum absolute atomic E-state index is 13.0. The monoisotopic (exact) mass is 381 g/mol. The Morgan fingerprint density at radius 3 is 2.52 bits per heavy atom. The van der Waals surface area contributed by atoms with Crippen molar-refractivity contribution in [3.8, 4) is 11.5 Å². The number of ether oxygens (including phenoxy) is 2. The molecule has 0 spiro atoms. The molecule has 2 aromatic rings. The molecule has 1 aliphatic carbocycles. The van der Waals surface area contributed by atoms with Crippen molar-refractivity contribution in [2.24, 2.45) is 5.73 Å². The van der Waals surface area contributed by atoms with E-state index in [9.17, 15) is 13.5 Å². The van der Waals surface area contributed by atoms with E-state index in [0.29, 0.717) is 22.1 Å². The van der Waals surface area contributed by atoms with Crippen molar-refractivity contribution in [1.82, 2.24) is 0 Å². The molecule has 3 N–H and O–H groups in total. The van der Waals surface area contributed by atoms with Crippen LogP contribution in [0, 0.1) is 0 Å². The lowest BCUT2D eigenvalue weighted by Gasteiger charge is -2.08. The van der Waals surface area contributed by atoms with E-state index in [4.69, 9.17) is 26.8 Å². The van der Waals surface area contributed by atoms with Gasteiger partial charge in [-0.05, 0) is 42.0 Å². The molecule has 0 saturated heterocycles. The summed E-state index contributed by atoms with van der Waals surface area (Å²) in [4.78, 5) is 0.133. The highest BCUT2D eigenvalue weighted by Gasteiger charge is 2.69. The molecule has 25 heavy (non-hydrogen) atoms. The summed E-state index contributed by atoms with van der Waals surface area (Å²) in [5.74, 6) is 0.619. The average molecular weight is 382 g/mol. The third-order valence-corrected chi connectivity index (χ3v) is 7.37. The molecule has 4 rings (SSSR count). The fourth-order valence-corrected chi connectivity index (χ4v) is 5.87. The molecule has 1 heterocycles. The topological polar surface area (TPSA) is 98.9 Å². The Bertz CT molecular complexity index is 931. The second-order valence-electron chi connectivity index (χ2n) is 6.28. The quantitative estimate of drug-likeness (QED) is 0.836. The molecule has 6 nitrogen and oxygen atoms in total. The summed E-state index contributed by atoms with van der Waals surface area (Å²) in [5, 5.41) is 9.27. The van der Waals surface area contributed by atoms with Crippen LogP contribution in [0.3, 0.4) is 0 Å². The SMILES string of the molecule is N[C@@]1(CO)[C@H](S(=O)(=O)c2ccc(Cl)cc2)[C@@H]1c1ccc2c(c1)OCO2. The van der Waals surface area contributed by atoms with Gasteiger partial charge in [-0.1, -0.05) is 17.7 Å². The molecule has 2 aromatic carbocycles. The number of aliphatic hydroxyl groups is 1. The highest BCUT2D eigenvalue weighted by atomic mass is 35.5. The van der Waals surface area contributed by atoms with Gasteiger partial charge in [0, 0.05) is 10.9 Å². The van der Waals surface area contributed by atoms with Crippen LogP contribution in [0.4, 0.5) is 0 Å². The van der Waals surface area contributed by atoms with E-state index >= 15 is 0 Å². The number of sulfone groups is 1. The second-order valence-corrected chi connectivity index (χ2v) is 8.79. The summed E-state index contributed by atoms with van der Waals surface area (Å²) < 4.78 is 36.6. The number of fused-ring (bicyclic) bond motifs is 1. The van der Waals surface area contributed by atoms with Crippen LogP contribution in [0.1, 0.15) is 11.5 Å². The lowest BCUT2D eigenvalue weighted by Crippen LogP contribution is -2.35. The van der Waals surface area contributed by atoms with Gasteiger partial charge >= 0.3 is 0 Å². The van der Waals surface area contributed by atoms with Crippen LogP contribution >= 0.6 is 11.6 Å². The summed E-state index contributed by atoms with van der Waals surface area (Å²) >= 11 is 5.83. The van der Waals surface area contributed by atoms with Crippen molar-refractivity contribution in [3.05, 3.63) is 53.1 Å². The zero-order valence-corrected chi connectivity index (χ0v) is 14.6. The van der Waals surface area contributed by atoms with Crippen molar-refractivity contribution in [2.75, 3.05) is 13.4 Å². The van der Waals surface area contributed by atoms with E-state index in [1.165, 1.54) is 24.3 Å². The Kier molecular flexibility index (Phi) is 3.73. The fraction of sp³-hybridized carbons (Fsp3) is 0.294. The molecule has 132 valence electrons. The van der Waals surface area contributed by atoms with Crippen molar-refractivity contribution >= 4 is 21.4 Å². The Morgan fingerprint density at radius 1 is 1.16 bits per heavy atom. The minimum Gasteiger partial charge on any atom is -0.454 e. The smallest absolute Gasteiger partial charge is 0.231 e. The standard InChI is InChI=1S/C17H16ClNO5S/c18-11-2-4-12(5-3-11)25(21,22)16-15(17(16,19)8-20)10-1-6-13-14(7-10)24-9-23-13/h1-7,15-16,20H,8-9,19H2/t15-,16+,17+/m0/s1. The number of hydrogen-bond acceptors (Lipinski definition) is 6.